The molecule has 1 atom stereocenters. The topological polar surface area (TPSA) is 46.5 Å². The van der Waals surface area contributed by atoms with Gasteiger partial charge in [-0.2, -0.15) is 0 Å². The number of hydrogen-bond donors (Lipinski definition) is 1. The van der Waals surface area contributed by atoms with Crippen LogP contribution in [0.4, 0.5) is 0 Å². The standard InChI is InChI=1S/C15H12O3S/c16-14(17)10-5-3-6-11(8-10)15-18-9-12-4-1-2-7-13(12)19-15/h1-8,15H,9H2,(H,16,17). The normalized spacial score (nSPS) is 17.8. The molecule has 0 saturated heterocycles. The van der Waals surface area contributed by atoms with Gasteiger partial charge in [0.1, 0.15) is 5.44 Å². The Morgan fingerprint density at radius 1 is 1.21 bits per heavy atom. The number of ether oxygens (including phenoxy) is 1. The molecule has 1 aliphatic heterocycles. The minimum Gasteiger partial charge on any atom is -0.478 e. The van der Waals surface area contributed by atoms with E-state index in [1.165, 1.54) is 10.5 Å². The van der Waals surface area contributed by atoms with Crippen LogP contribution in [0.25, 0.3) is 0 Å². The number of hydrogen-bond acceptors (Lipinski definition) is 3. The van der Waals surface area contributed by atoms with Crippen molar-refractivity contribution in [1.82, 2.24) is 0 Å². The number of carboxylic acid groups (broad SMARTS) is 1. The fourth-order valence-electron chi connectivity index (χ4n) is 2.04. The van der Waals surface area contributed by atoms with Crippen LogP contribution in [0.3, 0.4) is 0 Å². The van der Waals surface area contributed by atoms with Gasteiger partial charge in [0, 0.05) is 4.90 Å². The van der Waals surface area contributed by atoms with Crippen LogP contribution in [0, 0.1) is 0 Å². The minimum absolute atomic E-state index is 0.144. The molecule has 0 aliphatic carbocycles. The zero-order valence-corrected chi connectivity index (χ0v) is 10.9. The fraction of sp³-hybridized carbons (Fsp3) is 0.133. The molecule has 3 nitrogen and oxygen atoms in total. The number of aromatic carboxylic acids is 1. The van der Waals surface area contributed by atoms with E-state index in [1.807, 2.05) is 24.3 Å². The van der Waals surface area contributed by atoms with Gasteiger partial charge in [-0.25, -0.2) is 4.79 Å². The van der Waals surface area contributed by atoms with Crippen LogP contribution in [0.15, 0.2) is 53.4 Å². The highest BCUT2D eigenvalue weighted by molar-refractivity contribution is 7.99. The Morgan fingerprint density at radius 2 is 2.05 bits per heavy atom. The van der Waals surface area contributed by atoms with E-state index in [-0.39, 0.29) is 5.44 Å². The van der Waals surface area contributed by atoms with Gasteiger partial charge in [-0.1, -0.05) is 42.1 Å². The molecule has 0 amide bonds. The largest absolute Gasteiger partial charge is 0.478 e. The summed E-state index contributed by atoms with van der Waals surface area (Å²) in [4.78, 5) is 12.2. The average molecular weight is 272 g/mol. The molecular weight excluding hydrogens is 260 g/mol. The molecule has 1 unspecified atom stereocenters. The Balaban J connectivity index is 1.89. The highest BCUT2D eigenvalue weighted by Crippen LogP contribution is 2.42. The van der Waals surface area contributed by atoms with E-state index in [0.717, 1.165) is 5.56 Å². The van der Waals surface area contributed by atoms with E-state index in [4.69, 9.17) is 9.84 Å². The number of carbonyl (C=O) groups is 1. The maximum atomic E-state index is 11.0. The lowest BCUT2D eigenvalue weighted by molar-refractivity contribution is 0.0695. The Kier molecular flexibility index (Phi) is 3.27. The molecule has 19 heavy (non-hydrogen) atoms. The van der Waals surface area contributed by atoms with E-state index in [0.29, 0.717) is 12.2 Å². The molecule has 0 bridgehead atoms. The highest BCUT2D eigenvalue weighted by Gasteiger charge is 2.21. The average Bonchev–Trinajstić information content (AvgIpc) is 2.47. The Morgan fingerprint density at radius 3 is 2.89 bits per heavy atom. The lowest BCUT2D eigenvalue weighted by Gasteiger charge is -2.25. The Labute approximate surface area is 115 Å². The number of carboxylic acids is 1. The molecule has 0 saturated carbocycles. The van der Waals surface area contributed by atoms with Crippen molar-refractivity contribution >= 4 is 17.7 Å². The molecule has 1 heterocycles. The first kappa shape index (κ1) is 12.3. The Bertz CT molecular complexity index is 624. The fourth-order valence-corrected chi connectivity index (χ4v) is 3.12. The van der Waals surface area contributed by atoms with Gasteiger partial charge in [-0.05, 0) is 29.3 Å². The SMILES string of the molecule is O=C(O)c1cccc(C2OCc3ccccc3S2)c1. The minimum atomic E-state index is -0.914. The van der Waals surface area contributed by atoms with E-state index in [2.05, 4.69) is 6.07 Å². The maximum absolute atomic E-state index is 11.0. The molecule has 4 heteroatoms. The molecule has 0 fully saturated rings. The summed E-state index contributed by atoms with van der Waals surface area (Å²) < 4.78 is 5.80. The summed E-state index contributed by atoms with van der Waals surface area (Å²) in [5, 5.41) is 9.02. The van der Waals surface area contributed by atoms with E-state index >= 15 is 0 Å². The second kappa shape index (κ2) is 5.07. The van der Waals surface area contributed by atoms with Crippen molar-refractivity contribution in [3.8, 4) is 0 Å². The summed E-state index contributed by atoms with van der Waals surface area (Å²) in [5.41, 5.74) is 2.22. The molecular formula is C15H12O3S. The van der Waals surface area contributed by atoms with Crippen LogP contribution in [0.1, 0.15) is 26.9 Å². The van der Waals surface area contributed by atoms with Gasteiger partial charge < -0.3 is 9.84 Å². The van der Waals surface area contributed by atoms with Crippen LogP contribution in [-0.4, -0.2) is 11.1 Å². The second-order valence-electron chi connectivity index (χ2n) is 4.30. The van der Waals surface area contributed by atoms with Gasteiger partial charge in [-0.15, -0.1) is 0 Å². The first-order chi connectivity index (χ1) is 9.24. The first-order valence-electron chi connectivity index (χ1n) is 5.93. The van der Waals surface area contributed by atoms with Crippen molar-refractivity contribution in [3.05, 3.63) is 65.2 Å². The maximum Gasteiger partial charge on any atom is 0.335 e. The molecule has 3 rings (SSSR count). The summed E-state index contributed by atoms with van der Waals surface area (Å²) in [6.45, 7) is 0.561. The van der Waals surface area contributed by atoms with Crippen LogP contribution in [0.5, 0.6) is 0 Å². The van der Waals surface area contributed by atoms with Crippen molar-refractivity contribution < 1.29 is 14.6 Å². The summed E-state index contributed by atoms with van der Waals surface area (Å²) in [5.74, 6) is -0.914. The monoisotopic (exact) mass is 272 g/mol. The zero-order chi connectivity index (χ0) is 13.2. The molecule has 1 aliphatic rings. The van der Waals surface area contributed by atoms with Crippen LogP contribution in [0.2, 0.25) is 0 Å². The van der Waals surface area contributed by atoms with Crippen LogP contribution >= 0.6 is 11.8 Å². The van der Waals surface area contributed by atoms with Crippen LogP contribution in [-0.2, 0) is 11.3 Å². The molecule has 2 aromatic rings. The third kappa shape index (κ3) is 2.50. The summed E-state index contributed by atoms with van der Waals surface area (Å²) >= 11 is 1.62. The third-order valence-corrected chi connectivity index (χ3v) is 4.28. The lowest BCUT2D eigenvalue weighted by atomic mass is 10.1. The van der Waals surface area contributed by atoms with Gasteiger partial charge in [0.2, 0.25) is 0 Å². The summed E-state index contributed by atoms with van der Waals surface area (Å²) in [6, 6.07) is 15.0. The van der Waals surface area contributed by atoms with Crippen molar-refractivity contribution in [3.63, 3.8) is 0 Å². The van der Waals surface area contributed by atoms with Crippen LogP contribution < -0.4 is 0 Å². The Hall–Kier alpha value is -1.78. The quantitative estimate of drug-likeness (QED) is 0.905. The van der Waals surface area contributed by atoms with E-state index < -0.39 is 5.97 Å². The summed E-state index contributed by atoms with van der Waals surface area (Å²) in [7, 11) is 0. The number of benzene rings is 2. The molecule has 96 valence electrons. The van der Waals surface area contributed by atoms with Crippen molar-refractivity contribution in [1.29, 1.82) is 0 Å². The molecule has 0 aromatic heterocycles. The third-order valence-electron chi connectivity index (χ3n) is 3.00. The smallest absolute Gasteiger partial charge is 0.335 e. The van der Waals surface area contributed by atoms with E-state index in [9.17, 15) is 4.79 Å². The molecule has 1 N–H and O–H groups in total. The van der Waals surface area contributed by atoms with Gasteiger partial charge in [0.25, 0.3) is 0 Å². The van der Waals surface area contributed by atoms with Crippen molar-refractivity contribution in [2.24, 2.45) is 0 Å². The first-order valence-corrected chi connectivity index (χ1v) is 6.81. The number of rotatable bonds is 2. The number of thioether (sulfide) groups is 1. The zero-order valence-electron chi connectivity index (χ0n) is 10.1. The predicted octanol–water partition coefficient (Wildman–Crippen LogP) is 3.71. The highest BCUT2D eigenvalue weighted by atomic mass is 32.2. The summed E-state index contributed by atoms with van der Waals surface area (Å²) in [6.07, 6.45) is 0. The van der Waals surface area contributed by atoms with E-state index in [1.54, 1.807) is 30.0 Å². The van der Waals surface area contributed by atoms with Gasteiger partial charge in [0.15, 0.2) is 0 Å². The second-order valence-corrected chi connectivity index (χ2v) is 5.40. The molecule has 0 radical (unpaired) electrons. The number of fused-ring (bicyclic) bond motifs is 1. The lowest BCUT2D eigenvalue weighted by Crippen LogP contribution is -2.08. The van der Waals surface area contributed by atoms with Gasteiger partial charge >= 0.3 is 5.97 Å². The van der Waals surface area contributed by atoms with Crippen molar-refractivity contribution in [2.45, 2.75) is 16.9 Å². The van der Waals surface area contributed by atoms with Gasteiger partial charge in [0.05, 0.1) is 12.2 Å². The van der Waals surface area contributed by atoms with Crippen molar-refractivity contribution in [2.75, 3.05) is 0 Å². The molecule has 0 spiro atoms. The van der Waals surface area contributed by atoms with Gasteiger partial charge in [-0.3, -0.25) is 0 Å². The molecule has 2 aromatic carbocycles. The predicted molar refractivity (Wildman–Crippen MR) is 73.2 cm³/mol.